The molecule has 32 heteroatoms. The molecule has 0 aliphatic heterocycles. The Bertz CT molecular complexity index is 4780. The largest absolute Gasteiger partial charge is 0.452 e. The minimum absolute atomic E-state index is 0.000523. The van der Waals surface area contributed by atoms with Crippen LogP contribution in [-0.2, 0) is 0 Å². The first-order valence-corrected chi connectivity index (χ1v) is 25.4. The quantitative estimate of drug-likeness (QED) is 0.156. The van der Waals surface area contributed by atoms with Gasteiger partial charge in [0.1, 0.15) is 243 Å². The third-order valence-corrected chi connectivity index (χ3v) is 17.0. The van der Waals surface area contributed by atoms with Crippen LogP contribution in [0.5, 0.6) is 0 Å². The molecule has 0 bridgehead atoms. The van der Waals surface area contributed by atoms with E-state index in [2.05, 4.69) is 9.97 Å². The molecule has 8 aromatic carbocycles. The summed E-state index contributed by atoms with van der Waals surface area (Å²) in [5.74, 6) is 0. The van der Waals surface area contributed by atoms with Crippen molar-refractivity contribution in [2.75, 3.05) is 0 Å². The van der Waals surface area contributed by atoms with Crippen molar-refractivity contribution < 1.29 is 4.42 Å². The summed E-state index contributed by atoms with van der Waals surface area (Å²) in [6.45, 7) is 0. The molecule has 0 fully saturated rings. The fraction of sp³-hybridized carbons (Fsp3) is 0. The molecule has 0 saturated carbocycles. The fourth-order valence-electron chi connectivity index (χ4n) is 11.2. The van der Waals surface area contributed by atoms with Crippen LogP contribution >= 0.6 is 11.3 Å². The lowest BCUT2D eigenvalue weighted by atomic mass is 9.55. The van der Waals surface area contributed by atoms with Gasteiger partial charge in [-0.2, -0.15) is 0 Å². The van der Waals surface area contributed by atoms with E-state index in [-0.39, 0.29) is 236 Å². The second-order valence-corrected chi connectivity index (χ2v) is 21.1. The summed E-state index contributed by atoms with van der Waals surface area (Å²) in [4.78, 5) is 9.23. The number of hydrogen-bond acceptors (Lipinski definition) is 4. The van der Waals surface area contributed by atoms with Gasteiger partial charge in [-0.15, -0.1) is 55.0 Å². The molecule has 0 aliphatic carbocycles. The van der Waals surface area contributed by atoms with Crippen molar-refractivity contribution in [2.45, 2.75) is 0 Å². The number of aromatic nitrogens is 2. The molecular formula is C52H4B28N2OS. The van der Waals surface area contributed by atoms with Crippen LogP contribution in [0, 0.1) is 0 Å². The van der Waals surface area contributed by atoms with E-state index in [0.717, 1.165) is 11.3 Å². The van der Waals surface area contributed by atoms with Crippen molar-refractivity contribution in [3.05, 3.63) is 24.5 Å². The van der Waals surface area contributed by atoms with Gasteiger partial charge in [-0.3, -0.25) is 0 Å². The zero-order chi connectivity index (χ0) is 61.4. The molecule has 318 valence electrons. The fourth-order valence-corrected chi connectivity index (χ4v) is 12.5. The normalized spacial score (nSPS) is 11.7. The summed E-state index contributed by atoms with van der Waals surface area (Å²) in [5, 5.41) is 0.934. The maximum Gasteiger partial charge on any atom is 0.180 e. The standard InChI is InChI=1S/C52H4B28N2OS/c53-20-9(10-26(59)28(61)12(29(62)27(10)60)14-32(65)43(76)46(79)44(77)33(14)66)35(68)47(80)52-17(20)18-37(70)40(73)36(69)16(51(18)84-52)15-21(54)19(38(71)39(72)34(15)67)49-50-48(81-4-82-49)6-3-5(1-2-7(6)83-50)8-22(55)24(57)11(25(58)23(8)56)13-30(63)41(74)45(78)42(75)31(13)64/h1-4H. The van der Waals surface area contributed by atoms with Crippen LogP contribution < -0.4 is 153 Å². The van der Waals surface area contributed by atoms with Crippen LogP contribution in [0.4, 0.5) is 0 Å². The van der Waals surface area contributed by atoms with E-state index in [1.807, 2.05) is 0 Å². The first-order chi connectivity index (χ1) is 39.4. The molecule has 3 heterocycles. The minimum atomic E-state index is -0.158. The average Bonchev–Trinajstić information content (AvgIpc) is 1.52. The van der Waals surface area contributed by atoms with Crippen LogP contribution in [0.1, 0.15) is 0 Å². The molecule has 3 nitrogen and oxygen atoms in total. The van der Waals surface area contributed by atoms with Crippen LogP contribution in [-0.4, -0.2) is 230 Å². The molecule has 11 aromatic rings. The van der Waals surface area contributed by atoms with Gasteiger partial charge in [-0.05, 0) is 84.1 Å². The minimum Gasteiger partial charge on any atom is -0.452 e. The molecular weight excluding hydrogens is 1000 g/mol. The van der Waals surface area contributed by atoms with Gasteiger partial charge in [-0.25, -0.2) is 9.97 Å². The number of rotatable bonds is 6. The van der Waals surface area contributed by atoms with Crippen molar-refractivity contribution >= 4 is 426 Å². The number of thiophene rings is 1. The van der Waals surface area contributed by atoms with Crippen LogP contribution in [0.15, 0.2) is 28.9 Å². The molecule has 0 aliphatic rings. The van der Waals surface area contributed by atoms with Crippen molar-refractivity contribution in [1.29, 1.82) is 0 Å². The van der Waals surface area contributed by atoms with E-state index >= 15 is 0 Å². The van der Waals surface area contributed by atoms with Gasteiger partial charge in [0.05, 0.1) is 0 Å². The third kappa shape index (κ3) is 8.32. The Kier molecular flexibility index (Phi) is 15.3. The predicted octanol–water partition coefficient (Wildman–Crippen LogP) is -19.0. The monoisotopic (exact) mass is 1010 g/mol. The molecule has 11 rings (SSSR count). The van der Waals surface area contributed by atoms with E-state index in [4.69, 9.17) is 224 Å². The second-order valence-electron chi connectivity index (χ2n) is 20.1. The van der Waals surface area contributed by atoms with E-state index in [0.29, 0.717) is 25.9 Å². The van der Waals surface area contributed by atoms with Crippen LogP contribution in [0.3, 0.4) is 0 Å². The highest BCUT2D eigenvalue weighted by atomic mass is 32.1. The van der Waals surface area contributed by atoms with E-state index in [9.17, 15) is 0 Å². The molecule has 0 N–H and O–H groups in total. The SMILES string of the molecule is [B]c1c([B])c([B])c(-c2c([B])c([B])c(-c3ccc4oc5c(-c6c([B])c([B])c([B])c(-c7c([B])c([B])c([B])c8c7sc7c([B])c([B])c(-c9c([B])c([B])c(-c%10c([B])c([B])c([B])c([B])c%10[B])c([B])c9[B])c([B])c78)c6[B])ncnc5c4c3)c([B])c2[B])c([B])c1[B]. The van der Waals surface area contributed by atoms with Crippen molar-refractivity contribution in [3.8, 4) is 66.9 Å². The van der Waals surface area contributed by atoms with Gasteiger partial charge in [0.25, 0.3) is 0 Å². The Labute approximate surface area is 528 Å². The molecule has 84 heavy (non-hydrogen) atoms. The van der Waals surface area contributed by atoms with Gasteiger partial charge in [0.15, 0.2) is 5.58 Å². The third-order valence-electron chi connectivity index (χ3n) is 15.7. The molecule has 0 unspecified atom stereocenters. The Morgan fingerprint density at radius 1 is 0.274 bits per heavy atom. The van der Waals surface area contributed by atoms with Crippen molar-refractivity contribution in [3.63, 3.8) is 0 Å². The number of fused-ring (bicyclic) bond motifs is 6. The van der Waals surface area contributed by atoms with Crippen LogP contribution in [0.2, 0.25) is 0 Å². The summed E-state index contributed by atoms with van der Waals surface area (Å²) in [5.41, 5.74) is 0.225. The van der Waals surface area contributed by atoms with E-state index < -0.39 is 0 Å². The lowest BCUT2D eigenvalue weighted by Gasteiger charge is -2.30. The van der Waals surface area contributed by atoms with Gasteiger partial charge in [0, 0.05) is 14.8 Å². The highest BCUT2D eigenvalue weighted by molar-refractivity contribution is 7.28. The predicted molar refractivity (Wildman–Crippen MR) is 386 cm³/mol. The molecule has 0 saturated heterocycles. The average molecular weight is 1010 g/mol. The van der Waals surface area contributed by atoms with Gasteiger partial charge in [-0.1, -0.05) is 115 Å². The Balaban J connectivity index is 1.11. The smallest absolute Gasteiger partial charge is 0.180 e. The van der Waals surface area contributed by atoms with Gasteiger partial charge >= 0.3 is 0 Å². The maximum absolute atomic E-state index is 7.26. The molecule has 56 radical (unpaired) electrons. The zero-order valence-electron chi connectivity index (χ0n) is 44.2. The summed E-state index contributed by atoms with van der Waals surface area (Å²) in [6, 6.07) is 5.04. The van der Waals surface area contributed by atoms with Gasteiger partial charge < -0.3 is 4.42 Å². The summed E-state index contributed by atoms with van der Waals surface area (Å²) >= 11 is 1.08. The molecule has 0 atom stereocenters. The topological polar surface area (TPSA) is 38.9 Å². The highest BCUT2D eigenvalue weighted by Gasteiger charge is 2.30. The molecule has 0 amide bonds. The number of hydrogen-bond donors (Lipinski definition) is 0. The number of nitrogens with zero attached hydrogens (tertiary/aromatic N) is 2. The number of benzene rings is 8. The Morgan fingerprint density at radius 3 is 1.05 bits per heavy atom. The summed E-state index contributed by atoms with van der Waals surface area (Å²) in [7, 11) is 186. The van der Waals surface area contributed by atoms with E-state index in [1.54, 1.807) is 18.2 Å². The Hall–Kier alpha value is -5.32. The Morgan fingerprint density at radius 2 is 0.595 bits per heavy atom. The maximum atomic E-state index is 7.26. The first kappa shape index (κ1) is 60.4. The van der Waals surface area contributed by atoms with Crippen molar-refractivity contribution in [2.24, 2.45) is 0 Å². The lowest BCUT2D eigenvalue weighted by Crippen LogP contribution is -2.57. The van der Waals surface area contributed by atoms with E-state index in [1.165, 1.54) is 6.33 Å². The number of furan rings is 1. The second kappa shape index (κ2) is 21.2. The highest BCUT2D eigenvalue weighted by Crippen LogP contribution is 2.38. The zero-order valence-corrected chi connectivity index (χ0v) is 45.0. The summed E-state index contributed by atoms with van der Waals surface area (Å²) in [6.07, 6.45) is 1.27. The van der Waals surface area contributed by atoms with Gasteiger partial charge in [0.2, 0.25) is 0 Å². The van der Waals surface area contributed by atoms with Crippen molar-refractivity contribution in [1.82, 2.24) is 9.97 Å². The molecule has 0 spiro atoms. The lowest BCUT2D eigenvalue weighted by molar-refractivity contribution is 0.667. The summed E-state index contributed by atoms with van der Waals surface area (Å²) < 4.78 is 7.14. The van der Waals surface area contributed by atoms with Crippen LogP contribution in [0.25, 0.3) is 109 Å². The molecule has 3 aromatic heterocycles. The first-order valence-electron chi connectivity index (χ1n) is 24.6.